The molecular formula is C15H21N5O. The van der Waals surface area contributed by atoms with Gasteiger partial charge in [-0.15, -0.1) is 15.3 Å². The van der Waals surface area contributed by atoms with Crippen molar-refractivity contribution in [3.8, 4) is 0 Å². The number of hydrogen-bond donors (Lipinski definition) is 2. The Bertz CT molecular complexity index is 665. The highest BCUT2D eigenvalue weighted by atomic mass is 16.3. The predicted molar refractivity (Wildman–Crippen MR) is 79.2 cm³/mol. The van der Waals surface area contributed by atoms with E-state index >= 15 is 0 Å². The summed E-state index contributed by atoms with van der Waals surface area (Å²) in [6.07, 6.45) is 5.66. The Kier molecular flexibility index (Phi) is 2.89. The SMILES string of the molecule is C[C@]1(CO)CCC[C@@H]1Nc1ccc2nnc(C3CC3)n2n1. The van der Waals surface area contributed by atoms with E-state index in [-0.39, 0.29) is 18.1 Å². The maximum absolute atomic E-state index is 9.65. The first-order valence-electron chi connectivity index (χ1n) is 7.79. The molecule has 6 heteroatoms. The smallest absolute Gasteiger partial charge is 0.178 e. The molecule has 0 bridgehead atoms. The molecule has 0 amide bonds. The second-order valence-electron chi connectivity index (χ2n) is 6.72. The van der Waals surface area contributed by atoms with Gasteiger partial charge in [0.15, 0.2) is 11.5 Å². The Hall–Kier alpha value is -1.69. The molecule has 2 fully saturated rings. The highest BCUT2D eigenvalue weighted by Crippen LogP contribution is 2.40. The lowest BCUT2D eigenvalue weighted by Crippen LogP contribution is -2.36. The van der Waals surface area contributed by atoms with Gasteiger partial charge in [-0.25, -0.2) is 0 Å². The van der Waals surface area contributed by atoms with Crippen LogP contribution in [0.2, 0.25) is 0 Å². The van der Waals surface area contributed by atoms with E-state index in [4.69, 9.17) is 0 Å². The van der Waals surface area contributed by atoms with Gasteiger partial charge in [-0.3, -0.25) is 0 Å². The number of rotatable bonds is 4. The lowest BCUT2D eigenvalue weighted by atomic mass is 9.86. The Labute approximate surface area is 123 Å². The molecule has 2 N–H and O–H groups in total. The van der Waals surface area contributed by atoms with Gasteiger partial charge < -0.3 is 10.4 Å². The van der Waals surface area contributed by atoms with E-state index in [0.29, 0.717) is 5.92 Å². The summed E-state index contributed by atoms with van der Waals surface area (Å²) >= 11 is 0. The Morgan fingerprint density at radius 2 is 2.19 bits per heavy atom. The topological polar surface area (TPSA) is 75.3 Å². The quantitative estimate of drug-likeness (QED) is 0.899. The summed E-state index contributed by atoms with van der Waals surface area (Å²) in [5.41, 5.74) is 0.752. The van der Waals surface area contributed by atoms with Gasteiger partial charge in [-0.05, 0) is 37.8 Å². The second kappa shape index (κ2) is 4.66. The fraction of sp³-hybridized carbons (Fsp3) is 0.667. The lowest BCUT2D eigenvalue weighted by molar-refractivity contribution is 0.139. The van der Waals surface area contributed by atoms with Crippen LogP contribution in [0.4, 0.5) is 5.82 Å². The number of hydrogen-bond acceptors (Lipinski definition) is 5. The number of nitrogens with one attached hydrogen (secondary N) is 1. The molecule has 0 radical (unpaired) electrons. The van der Waals surface area contributed by atoms with Crippen LogP contribution in [0.5, 0.6) is 0 Å². The predicted octanol–water partition coefficient (Wildman–Crippen LogP) is 1.96. The van der Waals surface area contributed by atoms with Crippen molar-refractivity contribution in [2.45, 2.75) is 51.0 Å². The molecule has 2 heterocycles. The number of aromatic nitrogens is 4. The Morgan fingerprint density at radius 1 is 1.33 bits per heavy atom. The zero-order valence-corrected chi connectivity index (χ0v) is 12.3. The van der Waals surface area contributed by atoms with Crippen LogP contribution in [0.15, 0.2) is 12.1 Å². The first kappa shape index (κ1) is 13.0. The van der Waals surface area contributed by atoms with Crippen molar-refractivity contribution in [3.63, 3.8) is 0 Å². The van der Waals surface area contributed by atoms with E-state index in [2.05, 4.69) is 27.5 Å². The van der Waals surface area contributed by atoms with Gasteiger partial charge in [0.2, 0.25) is 0 Å². The largest absolute Gasteiger partial charge is 0.396 e. The Balaban J connectivity index is 1.63. The van der Waals surface area contributed by atoms with Crippen LogP contribution in [-0.2, 0) is 0 Å². The zero-order chi connectivity index (χ0) is 14.4. The maximum Gasteiger partial charge on any atom is 0.178 e. The minimum atomic E-state index is -0.0524. The first-order chi connectivity index (χ1) is 10.2. The van der Waals surface area contributed by atoms with Crippen molar-refractivity contribution in [2.24, 2.45) is 5.41 Å². The summed E-state index contributed by atoms with van der Waals surface area (Å²) in [4.78, 5) is 0. The number of fused-ring (bicyclic) bond motifs is 1. The average molecular weight is 287 g/mol. The summed E-state index contributed by atoms with van der Waals surface area (Å²) < 4.78 is 1.87. The van der Waals surface area contributed by atoms with Crippen LogP contribution >= 0.6 is 0 Å². The molecule has 0 aliphatic heterocycles. The van der Waals surface area contributed by atoms with Gasteiger partial charge in [0, 0.05) is 17.4 Å². The van der Waals surface area contributed by atoms with Crippen molar-refractivity contribution >= 4 is 11.5 Å². The number of nitrogens with zero attached hydrogens (tertiary/aromatic N) is 4. The van der Waals surface area contributed by atoms with Crippen LogP contribution in [0, 0.1) is 5.41 Å². The summed E-state index contributed by atoms with van der Waals surface area (Å²) in [6, 6.07) is 4.18. The highest BCUT2D eigenvalue weighted by Gasteiger charge is 2.38. The monoisotopic (exact) mass is 287 g/mol. The molecule has 0 spiro atoms. The van der Waals surface area contributed by atoms with Crippen molar-refractivity contribution < 1.29 is 5.11 Å². The molecular weight excluding hydrogens is 266 g/mol. The summed E-state index contributed by atoms with van der Waals surface area (Å²) in [6.45, 7) is 2.36. The third kappa shape index (κ3) is 2.18. The Morgan fingerprint density at radius 3 is 2.95 bits per heavy atom. The maximum atomic E-state index is 9.65. The first-order valence-corrected chi connectivity index (χ1v) is 7.79. The van der Waals surface area contributed by atoms with E-state index < -0.39 is 0 Å². The van der Waals surface area contributed by atoms with E-state index in [1.54, 1.807) is 0 Å². The molecule has 0 unspecified atom stereocenters. The lowest BCUT2D eigenvalue weighted by Gasteiger charge is -2.30. The van der Waals surface area contributed by atoms with E-state index in [9.17, 15) is 5.11 Å². The normalized spacial score (nSPS) is 29.1. The van der Waals surface area contributed by atoms with Gasteiger partial charge in [0.05, 0.1) is 6.61 Å². The molecule has 21 heavy (non-hydrogen) atoms. The summed E-state index contributed by atoms with van der Waals surface area (Å²) in [5.74, 6) is 2.35. The van der Waals surface area contributed by atoms with E-state index in [1.807, 2.05) is 16.6 Å². The third-order valence-corrected chi connectivity index (χ3v) is 4.99. The molecule has 2 aromatic heterocycles. The van der Waals surface area contributed by atoms with Crippen LogP contribution in [0.3, 0.4) is 0 Å². The second-order valence-corrected chi connectivity index (χ2v) is 6.72. The summed E-state index contributed by atoms with van der Waals surface area (Å²) in [5, 5.41) is 26.3. The van der Waals surface area contributed by atoms with Gasteiger partial charge in [0.1, 0.15) is 5.82 Å². The van der Waals surface area contributed by atoms with Crippen LogP contribution in [-0.4, -0.2) is 37.6 Å². The van der Waals surface area contributed by atoms with Crippen molar-refractivity contribution in [2.75, 3.05) is 11.9 Å². The molecule has 2 aliphatic rings. The van der Waals surface area contributed by atoms with Gasteiger partial charge >= 0.3 is 0 Å². The number of aliphatic hydroxyl groups excluding tert-OH is 1. The summed E-state index contributed by atoms with van der Waals surface area (Å²) in [7, 11) is 0. The van der Waals surface area contributed by atoms with Crippen molar-refractivity contribution in [1.82, 2.24) is 19.8 Å². The minimum absolute atomic E-state index is 0.0524. The molecule has 4 rings (SSSR count). The fourth-order valence-electron chi connectivity index (χ4n) is 3.33. The standard InChI is InChI=1S/C15H21N5O/c1-15(9-21)8-2-3-11(15)16-12-6-7-13-17-18-14(10-4-5-10)20(13)19-12/h6-7,10-11,21H,2-5,8-9H2,1H3,(H,16,19)/t11-,15+/m0/s1. The number of aliphatic hydroxyl groups is 1. The molecule has 2 aliphatic carbocycles. The molecule has 2 aromatic rings. The molecule has 2 atom stereocenters. The van der Waals surface area contributed by atoms with Crippen molar-refractivity contribution in [3.05, 3.63) is 18.0 Å². The van der Waals surface area contributed by atoms with Crippen LogP contribution < -0.4 is 5.32 Å². The van der Waals surface area contributed by atoms with Crippen LogP contribution in [0.1, 0.15) is 50.8 Å². The van der Waals surface area contributed by atoms with Gasteiger partial charge in [0.25, 0.3) is 0 Å². The minimum Gasteiger partial charge on any atom is -0.396 e. The number of anilines is 1. The van der Waals surface area contributed by atoms with Crippen LogP contribution in [0.25, 0.3) is 5.65 Å². The molecule has 0 aromatic carbocycles. The highest BCUT2D eigenvalue weighted by molar-refractivity contribution is 5.45. The van der Waals surface area contributed by atoms with Gasteiger partial charge in [-0.2, -0.15) is 4.52 Å². The van der Waals surface area contributed by atoms with E-state index in [0.717, 1.165) is 36.6 Å². The van der Waals surface area contributed by atoms with E-state index in [1.165, 1.54) is 12.8 Å². The molecule has 112 valence electrons. The van der Waals surface area contributed by atoms with Crippen molar-refractivity contribution in [1.29, 1.82) is 0 Å². The zero-order valence-electron chi connectivity index (χ0n) is 12.3. The van der Waals surface area contributed by atoms with Gasteiger partial charge in [-0.1, -0.05) is 13.3 Å². The molecule has 6 nitrogen and oxygen atoms in total. The average Bonchev–Trinajstić information content (AvgIpc) is 3.15. The third-order valence-electron chi connectivity index (χ3n) is 4.99. The molecule has 0 saturated heterocycles. The fourth-order valence-corrected chi connectivity index (χ4v) is 3.33. The molecule has 2 saturated carbocycles.